The summed E-state index contributed by atoms with van der Waals surface area (Å²) in [6.07, 6.45) is 1.60. The first-order chi connectivity index (χ1) is 11.1. The average molecular weight is 315 g/mol. The predicted octanol–water partition coefficient (Wildman–Crippen LogP) is 2.63. The maximum Gasteiger partial charge on any atom is 0.251 e. The minimum atomic E-state index is -0.173. The van der Waals surface area contributed by atoms with Crippen LogP contribution in [0.25, 0.3) is 0 Å². The van der Waals surface area contributed by atoms with Crippen molar-refractivity contribution in [2.24, 2.45) is 0 Å². The number of carbonyl (C=O) groups is 1. The minimum Gasteiger partial charge on any atom is -0.493 e. The standard InChI is InChI=1S/C17H21N3O3/c1-11(12-5-6-14(22-3)15(9-12)23-4)20-17(21)13-7-8-19-16(10-13)18-2/h5-11H,1-4H3,(H,18,19)(H,20,21). The van der Waals surface area contributed by atoms with Crippen molar-refractivity contribution in [2.45, 2.75) is 13.0 Å². The van der Waals surface area contributed by atoms with Crippen LogP contribution in [0.1, 0.15) is 28.9 Å². The lowest BCUT2D eigenvalue weighted by Crippen LogP contribution is -2.26. The van der Waals surface area contributed by atoms with Crippen molar-refractivity contribution in [1.82, 2.24) is 10.3 Å². The molecule has 0 saturated heterocycles. The van der Waals surface area contributed by atoms with Crippen LogP contribution < -0.4 is 20.1 Å². The topological polar surface area (TPSA) is 72.5 Å². The van der Waals surface area contributed by atoms with Gasteiger partial charge in [-0.05, 0) is 36.8 Å². The Hall–Kier alpha value is -2.76. The summed E-state index contributed by atoms with van der Waals surface area (Å²) in [5.74, 6) is 1.78. The van der Waals surface area contributed by atoms with E-state index in [9.17, 15) is 4.79 Å². The van der Waals surface area contributed by atoms with Crippen molar-refractivity contribution >= 4 is 11.7 Å². The number of benzene rings is 1. The third-order valence-corrected chi connectivity index (χ3v) is 3.53. The summed E-state index contributed by atoms with van der Waals surface area (Å²) in [5, 5.41) is 5.88. The van der Waals surface area contributed by atoms with Crippen LogP contribution in [-0.4, -0.2) is 32.2 Å². The Bertz CT molecular complexity index is 689. The molecule has 1 aromatic heterocycles. The molecule has 6 nitrogen and oxygen atoms in total. The van der Waals surface area contributed by atoms with E-state index >= 15 is 0 Å². The molecule has 122 valence electrons. The molecule has 2 N–H and O–H groups in total. The highest BCUT2D eigenvalue weighted by atomic mass is 16.5. The van der Waals surface area contributed by atoms with Gasteiger partial charge in [0, 0.05) is 18.8 Å². The van der Waals surface area contributed by atoms with Crippen LogP contribution in [0.3, 0.4) is 0 Å². The van der Waals surface area contributed by atoms with E-state index in [2.05, 4.69) is 15.6 Å². The van der Waals surface area contributed by atoms with Gasteiger partial charge in [-0.1, -0.05) is 6.07 Å². The number of pyridine rings is 1. The van der Waals surface area contributed by atoms with Gasteiger partial charge in [-0.3, -0.25) is 4.79 Å². The Labute approximate surface area is 135 Å². The zero-order valence-corrected chi connectivity index (χ0v) is 13.7. The minimum absolute atomic E-state index is 0.161. The van der Waals surface area contributed by atoms with E-state index < -0.39 is 0 Å². The average Bonchev–Trinajstić information content (AvgIpc) is 2.60. The van der Waals surface area contributed by atoms with Gasteiger partial charge >= 0.3 is 0 Å². The second kappa shape index (κ2) is 7.49. The number of ether oxygens (including phenoxy) is 2. The molecule has 0 aliphatic rings. The first-order valence-electron chi connectivity index (χ1n) is 7.25. The molecule has 1 amide bonds. The fourth-order valence-corrected chi connectivity index (χ4v) is 2.19. The number of carbonyl (C=O) groups excluding carboxylic acids is 1. The fourth-order valence-electron chi connectivity index (χ4n) is 2.19. The molecule has 0 saturated carbocycles. The molecule has 1 atom stereocenters. The molecule has 0 aliphatic heterocycles. The smallest absolute Gasteiger partial charge is 0.251 e. The monoisotopic (exact) mass is 315 g/mol. The van der Waals surface area contributed by atoms with Crippen molar-refractivity contribution in [3.05, 3.63) is 47.7 Å². The van der Waals surface area contributed by atoms with Gasteiger partial charge in [-0.15, -0.1) is 0 Å². The molecule has 0 radical (unpaired) electrons. The lowest BCUT2D eigenvalue weighted by molar-refractivity contribution is 0.0939. The zero-order valence-electron chi connectivity index (χ0n) is 13.7. The number of anilines is 1. The van der Waals surface area contributed by atoms with Gasteiger partial charge in [-0.2, -0.15) is 0 Å². The normalized spacial score (nSPS) is 11.5. The van der Waals surface area contributed by atoms with E-state index in [0.717, 1.165) is 5.56 Å². The van der Waals surface area contributed by atoms with Crippen molar-refractivity contribution in [3.8, 4) is 11.5 Å². The highest BCUT2D eigenvalue weighted by Gasteiger charge is 2.14. The number of hydrogen-bond donors (Lipinski definition) is 2. The van der Waals surface area contributed by atoms with Crippen molar-refractivity contribution in [2.75, 3.05) is 26.6 Å². The van der Waals surface area contributed by atoms with E-state index in [1.165, 1.54) is 0 Å². The Balaban J connectivity index is 2.14. The maximum atomic E-state index is 12.4. The number of nitrogens with zero attached hydrogens (tertiary/aromatic N) is 1. The third kappa shape index (κ3) is 3.91. The number of rotatable bonds is 6. The highest BCUT2D eigenvalue weighted by molar-refractivity contribution is 5.95. The second-order valence-corrected chi connectivity index (χ2v) is 4.99. The lowest BCUT2D eigenvalue weighted by Gasteiger charge is -2.16. The van der Waals surface area contributed by atoms with Crippen LogP contribution in [0, 0.1) is 0 Å². The quantitative estimate of drug-likeness (QED) is 0.857. The van der Waals surface area contributed by atoms with Crippen LogP contribution in [0.2, 0.25) is 0 Å². The van der Waals surface area contributed by atoms with Crippen LogP contribution in [-0.2, 0) is 0 Å². The molecule has 0 spiro atoms. The lowest BCUT2D eigenvalue weighted by atomic mass is 10.1. The molecular formula is C17H21N3O3. The third-order valence-electron chi connectivity index (χ3n) is 3.53. The SMILES string of the molecule is CNc1cc(C(=O)NC(C)c2ccc(OC)c(OC)c2)ccn1. The summed E-state index contributed by atoms with van der Waals surface area (Å²) in [6.45, 7) is 1.92. The zero-order chi connectivity index (χ0) is 16.8. The molecule has 2 rings (SSSR count). The molecule has 6 heteroatoms. The van der Waals surface area contributed by atoms with Crippen molar-refractivity contribution in [3.63, 3.8) is 0 Å². The molecule has 0 aliphatic carbocycles. The number of aromatic nitrogens is 1. The highest BCUT2D eigenvalue weighted by Crippen LogP contribution is 2.29. The second-order valence-electron chi connectivity index (χ2n) is 4.99. The van der Waals surface area contributed by atoms with E-state index in [1.54, 1.807) is 39.6 Å². The van der Waals surface area contributed by atoms with Gasteiger partial charge in [0.15, 0.2) is 11.5 Å². The molecule has 0 fully saturated rings. The van der Waals surface area contributed by atoms with Crippen LogP contribution in [0.5, 0.6) is 11.5 Å². The molecular weight excluding hydrogens is 294 g/mol. The molecule has 1 heterocycles. The molecule has 1 aromatic carbocycles. The largest absolute Gasteiger partial charge is 0.493 e. The molecule has 23 heavy (non-hydrogen) atoms. The van der Waals surface area contributed by atoms with Gasteiger partial charge in [-0.25, -0.2) is 4.98 Å². The van der Waals surface area contributed by atoms with E-state index in [4.69, 9.17) is 9.47 Å². The Morgan fingerprint density at radius 1 is 1.13 bits per heavy atom. The summed E-state index contributed by atoms with van der Waals surface area (Å²) >= 11 is 0. The van der Waals surface area contributed by atoms with Crippen LogP contribution >= 0.6 is 0 Å². The summed E-state index contributed by atoms with van der Waals surface area (Å²) in [6, 6.07) is 8.79. The van der Waals surface area contributed by atoms with Gasteiger partial charge < -0.3 is 20.1 Å². The maximum absolute atomic E-state index is 12.4. The van der Waals surface area contributed by atoms with Crippen LogP contribution in [0.4, 0.5) is 5.82 Å². The number of hydrogen-bond acceptors (Lipinski definition) is 5. The Kier molecular flexibility index (Phi) is 5.41. The summed E-state index contributed by atoms with van der Waals surface area (Å²) in [7, 11) is 4.93. The van der Waals surface area contributed by atoms with Crippen molar-refractivity contribution in [1.29, 1.82) is 0 Å². The van der Waals surface area contributed by atoms with Crippen LogP contribution in [0.15, 0.2) is 36.5 Å². The van der Waals surface area contributed by atoms with Gasteiger partial charge in [0.05, 0.1) is 20.3 Å². The predicted molar refractivity (Wildman–Crippen MR) is 89.2 cm³/mol. The first kappa shape index (κ1) is 16.6. The Morgan fingerprint density at radius 3 is 2.52 bits per heavy atom. The summed E-state index contributed by atoms with van der Waals surface area (Å²) in [4.78, 5) is 16.4. The fraction of sp³-hybridized carbons (Fsp3) is 0.294. The van der Waals surface area contributed by atoms with Gasteiger partial charge in [0.2, 0.25) is 0 Å². The van der Waals surface area contributed by atoms with E-state index in [0.29, 0.717) is 22.9 Å². The van der Waals surface area contributed by atoms with E-state index in [1.807, 2.05) is 25.1 Å². The van der Waals surface area contributed by atoms with Crippen molar-refractivity contribution < 1.29 is 14.3 Å². The number of methoxy groups -OCH3 is 2. The van der Waals surface area contributed by atoms with Gasteiger partial charge in [0.25, 0.3) is 5.91 Å². The summed E-state index contributed by atoms with van der Waals surface area (Å²) in [5.41, 5.74) is 1.48. The molecule has 0 bridgehead atoms. The first-order valence-corrected chi connectivity index (χ1v) is 7.25. The summed E-state index contributed by atoms with van der Waals surface area (Å²) < 4.78 is 10.5. The number of amides is 1. The van der Waals surface area contributed by atoms with Gasteiger partial charge in [0.1, 0.15) is 5.82 Å². The van der Waals surface area contributed by atoms with E-state index in [-0.39, 0.29) is 11.9 Å². The molecule has 1 unspecified atom stereocenters. The molecule has 2 aromatic rings. The number of nitrogens with one attached hydrogen (secondary N) is 2. The Morgan fingerprint density at radius 2 is 1.87 bits per heavy atom.